The van der Waals surface area contributed by atoms with E-state index in [0.717, 1.165) is 24.3 Å². The van der Waals surface area contributed by atoms with E-state index >= 15 is 0 Å². The second kappa shape index (κ2) is 11.0. The maximum Gasteiger partial charge on any atom is 0.263 e. The van der Waals surface area contributed by atoms with Crippen LogP contribution in [0.1, 0.15) is 32.8 Å². The summed E-state index contributed by atoms with van der Waals surface area (Å²) in [6, 6.07) is 12.4. The number of rotatable bonds is 9. The van der Waals surface area contributed by atoms with Crippen molar-refractivity contribution in [2.24, 2.45) is 0 Å². The molecule has 0 aromatic heterocycles. The zero-order chi connectivity index (χ0) is 24.2. The quantitative estimate of drug-likeness (QED) is 0.481. The molecule has 0 bridgehead atoms. The third kappa shape index (κ3) is 6.55. The molecule has 1 amide bonds. The zero-order valence-corrected chi connectivity index (χ0v) is 21.5. The van der Waals surface area contributed by atoms with Crippen molar-refractivity contribution in [3.63, 3.8) is 0 Å². The van der Waals surface area contributed by atoms with E-state index in [9.17, 15) is 13.2 Å². The highest BCUT2D eigenvalue weighted by atomic mass is 35.5. The molecule has 180 valence electrons. The molecule has 2 unspecified atom stereocenters. The number of nitrogens with zero attached hydrogens (tertiary/aromatic N) is 2. The van der Waals surface area contributed by atoms with Crippen molar-refractivity contribution in [1.82, 2.24) is 4.90 Å². The molecule has 1 aliphatic rings. The van der Waals surface area contributed by atoms with E-state index < -0.39 is 22.0 Å². The van der Waals surface area contributed by atoms with E-state index in [0.29, 0.717) is 28.8 Å². The fraction of sp³-hybridized carbons (Fsp3) is 0.458. The number of ether oxygens (including phenoxy) is 1. The molecule has 6 nitrogen and oxygen atoms in total. The van der Waals surface area contributed by atoms with Gasteiger partial charge in [-0.2, -0.15) is 0 Å². The molecule has 1 heterocycles. The molecule has 1 aliphatic heterocycles. The number of hydrogen-bond acceptors (Lipinski definition) is 5. The molecule has 33 heavy (non-hydrogen) atoms. The van der Waals surface area contributed by atoms with Gasteiger partial charge >= 0.3 is 0 Å². The van der Waals surface area contributed by atoms with Crippen LogP contribution >= 0.6 is 23.2 Å². The first kappa shape index (κ1) is 25.7. The molecular weight excluding hydrogens is 483 g/mol. The van der Waals surface area contributed by atoms with E-state index in [2.05, 4.69) is 18.7 Å². The van der Waals surface area contributed by atoms with Crippen molar-refractivity contribution in [3.05, 3.63) is 58.1 Å². The lowest BCUT2D eigenvalue weighted by molar-refractivity contribution is -0.140. The predicted octanol–water partition coefficient (Wildman–Crippen LogP) is 4.82. The number of sulfone groups is 1. The monoisotopic (exact) mass is 512 g/mol. The highest BCUT2D eigenvalue weighted by Crippen LogP contribution is 2.29. The van der Waals surface area contributed by atoms with Crippen LogP contribution in [0.15, 0.2) is 42.5 Å². The SMILES string of the molecule is CCN(CC)c1ccc(CN(C(=O)C(C)Oc2ccc(Cl)cc2Cl)C2CCS(=O)(=O)C2)cc1. The average Bonchev–Trinajstić information content (AvgIpc) is 3.14. The molecule has 1 saturated heterocycles. The first-order valence-electron chi connectivity index (χ1n) is 11.1. The number of hydrogen-bond donors (Lipinski definition) is 0. The molecule has 2 atom stereocenters. The molecular formula is C24H30Cl2N2O4S. The molecule has 0 saturated carbocycles. The first-order chi connectivity index (χ1) is 15.6. The Morgan fingerprint density at radius 1 is 1.12 bits per heavy atom. The van der Waals surface area contributed by atoms with Crippen LogP contribution in [-0.2, 0) is 21.2 Å². The molecule has 2 aromatic carbocycles. The van der Waals surface area contributed by atoms with Crippen molar-refractivity contribution in [2.45, 2.75) is 45.9 Å². The van der Waals surface area contributed by atoms with Crippen molar-refractivity contribution < 1.29 is 17.9 Å². The highest BCUT2D eigenvalue weighted by Gasteiger charge is 2.36. The fourth-order valence-electron chi connectivity index (χ4n) is 4.05. The van der Waals surface area contributed by atoms with Crippen LogP contribution in [0.25, 0.3) is 0 Å². The van der Waals surface area contributed by atoms with Crippen LogP contribution < -0.4 is 9.64 Å². The molecule has 0 N–H and O–H groups in total. The largest absolute Gasteiger partial charge is 0.479 e. The van der Waals surface area contributed by atoms with Crippen molar-refractivity contribution in [1.29, 1.82) is 0 Å². The Bertz CT molecular complexity index is 1070. The van der Waals surface area contributed by atoms with Gasteiger partial charge in [-0.3, -0.25) is 4.79 Å². The Hall–Kier alpha value is -1.96. The highest BCUT2D eigenvalue weighted by molar-refractivity contribution is 7.91. The average molecular weight is 513 g/mol. The molecule has 0 spiro atoms. The fourth-order valence-corrected chi connectivity index (χ4v) is 6.23. The van der Waals surface area contributed by atoms with Crippen molar-refractivity contribution in [2.75, 3.05) is 29.5 Å². The molecule has 0 aliphatic carbocycles. The number of carbonyl (C=O) groups is 1. The van der Waals surface area contributed by atoms with E-state index in [1.165, 1.54) is 0 Å². The minimum atomic E-state index is -3.16. The number of carbonyl (C=O) groups excluding carboxylic acids is 1. The summed E-state index contributed by atoms with van der Waals surface area (Å²) >= 11 is 12.1. The number of amides is 1. The zero-order valence-electron chi connectivity index (χ0n) is 19.1. The Morgan fingerprint density at radius 3 is 2.33 bits per heavy atom. The topological polar surface area (TPSA) is 66.9 Å². The number of halogens is 2. The van der Waals surface area contributed by atoms with Crippen molar-refractivity contribution >= 4 is 44.6 Å². The minimum absolute atomic E-state index is 0.0370. The summed E-state index contributed by atoms with van der Waals surface area (Å²) in [5.41, 5.74) is 2.04. The van der Waals surface area contributed by atoms with Gasteiger partial charge in [0.2, 0.25) is 0 Å². The second-order valence-electron chi connectivity index (χ2n) is 8.20. The first-order valence-corrected chi connectivity index (χ1v) is 13.7. The minimum Gasteiger partial charge on any atom is -0.479 e. The summed E-state index contributed by atoms with van der Waals surface area (Å²) in [6.45, 7) is 7.97. The van der Waals surface area contributed by atoms with Gasteiger partial charge in [0, 0.05) is 36.4 Å². The van der Waals surface area contributed by atoms with E-state index in [1.54, 1.807) is 30.0 Å². The van der Waals surface area contributed by atoms with Gasteiger partial charge in [0.25, 0.3) is 5.91 Å². The van der Waals surface area contributed by atoms with Crippen LogP contribution in [0.4, 0.5) is 5.69 Å². The summed E-state index contributed by atoms with van der Waals surface area (Å²) < 4.78 is 30.1. The summed E-state index contributed by atoms with van der Waals surface area (Å²) in [6.07, 6.45) is -0.429. The summed E-state index contributed by atoms with van der Waals surface area (Å²) in [5, 5.41) is 0.779. The molecule has 0 radical (unpaired) electrons. The lowest BCUT2D eigenvalue weighted by Gasteiger charge is -2.31. The lowest BCUT2D eigenvalue weighted by Crippen LogP contribution is -2.46. The summed E-state index contributed by atoms with van der Waals surface area (Å²) in [5.74, 6) is 0.117. The number of benzene rings is 2. The van der Waals surface area contributed by atoms with Gasteiger partial charge in [-0.25, -0.2) is 8.42 Å². The van der Waals surface area contributed by atoms with Gasteiger partial charge in [-0.05, 0) is 63.1 Å². The van der Waals surface area contributed by atoms with Gasteiger partial charge in [-0.15, -0.1) is 0 Å². The van der Waals surface area contributed by atoms with Crippen LogP contribution in [0.5, 0.6) is 5.75 Å². The predicted molar refractivity (Wildman–Crippen MR) is 134 cm³/mol. The van der Waals surface area contributed by atoms with Crippen molar-refractivity contribution in [3.8, 4) is 5.75 Å². The van der Waals surface area contributed by atoms with Gasteiger partial charge in [0.05, 0.1) is 16.5 Å². The van der Waals surface area contributed by atoms with Gasteiger partial charge in [0.1, 0.15) is 5.75 Å². The standard InChI is InChI=1S/C24H30Cl2N2O4S/c1-4-27(5-2)20-9-6-18(7-10-20)15-28(21-12-13-33(30,31)16-21)24(29)17(3)32-23-11-8-19(25)14-22(23)26/h6-11,14,17,21H,4-5,12-13,15-16H2,1-3H3. The Labute approximate surface area is 206 Å². The number of anilines is 1. The Kier molecular flexibility index (Phi) is 8.54. The van der Waals surface area contributed by atoms with Gasteiger partial charge < -0.3 is 14.5 Å². The van der Waals surface area contributed by atoms with Gasteiger partial charge in [-0.1, -0.05) is 35.3 Å². The van der Waals surface area contributed by atoms with Crippen LogP contribution in [0, 0.1) is 0 Å². The molecule has 3 rings (SSSR count). The van der Waals surface area contributed by atoms with Crippen LogP contribution in [0.3, 0.4) is 0 Å². The summed E-state index contributed by atoms with van der Waals surface area (Å²) in [7, 11) is -3.16. The third-order valence-electron chi connectivity index (χ3n) is 5.90. The lowest BCUT2D eigenvalue weighted by atomic mass is 10.1. The van der Waals surface area contributed by atoms with E-state index in [4.69, 9.17) is 27.9 Å². The normalized spacial score (nSPS) is 18.0. The maximum atomic E-state index is 13.4. The van der Waals surface area contributed by atoms with E-state index in [1.807, 2.05) is 24.3 Å². The van der Waals surface area contributed by atoms with Crippen LogP contribution in [0.2, 0.25) is 10.0 Å². The smallest absolute Gasteiger partial charge is 0.263 e. The molecule has 9 heteroatoms. The second-order valence-corrected chi connectivity index (χ2v) is 11.3. The summed E-state index contributed by atoms with van der Waals surface area (Å²) in [4.78, 5) is 17.3. The third-order valence-corrected chi connectivity index (χ3v) is 8.18. The van der Waals surface area contributed by atoms with Gasteiger partial charge in [0.15, 0.2) is 15.9 Å². The molecule has 2 aromatic rings. The Balaban J connectivity index is 1.81. The maximum absolute atomic E-state index is 13.4. The van der Waals surface area contributed by atoms with Crippen LogP contribution in [-0.4, -0.2) is 56.0 Å². The van der Waals surface area contributed by atoms with E-state index in [-0.39, 0.29) is 17.4 Å². The molecule has 1 fully saturated rings. The Morgan fingerprint density at radius 2 is 1.79 bits per heavy atom.